The van der Waals surface area contributed by atoms with Gasteiger partial charge in [0.05, 0.1) is 0 Å². The van der Waals surface area contributed by atoms with E-state index in [1.807, 2.05) is 72.8 Å². The van der Waals surface area contributed by atoms with Gasteiger partial charge in [0, 0.05) is 16.8 Å². The van der Waals surface area contributed by atoms with E-state index in [9.17, 15) is 9.59 Å². The topological polar surface area (TPSA) is 55.4 Å². The Morgan fingerprint density at radius 3 is 2.03 bits per heavy atom. The first kappa shape index (κ1) is 20.8. The normalized spacial score (nSPS) is 10.6. The Morgan fingerprint density at radius 1 is 0.656 bits per heavy atom. The number of amides is 1. The first-order valence-electron chi connectivity index (χ1n) is 10.2. The third kappa shape index (κ3) is 5.58. The van der Waals surface area contributed by atoms with Crippen molar-refractivity contribution in [3.05, 3.63) is 132 Å². The summed E-state index contributed by atoms with van der Waals surface area (Å²) >= 11 is 0. The Kier molecular flexibility index (Phi) is 6.54. The van der Waals surface area contributed by atoms with Gasteiger partial charge in [-0.15, -0.1) is 0 Å². The van der Waals surface area contributed by atoms with Crippen LogP contribution >= 0.6 is 0 Å². The smallest absolute Gasteiger partial charge is 0.255 e. The minimum absolute atomic E-state index is 0.125. The van der Waals surface area contributed by atoms with Crippen LogP contribution in [0, 0.1) is 0 Å². The highest BCUT2D eigenvalue weighted by Crippen LogP contribution is 2.22. The number of hydrogen-bond donors (Lipinski definition) is 1. The monoisotopic (exact) mass is 419 g/mol. The molecule has 0 radical (unpaired) electrons. The van der Waals surface area contributed by atoms with Gasteiger partial charge in [-0.2, -0.15) is 0 Å². The standard InChI is InChI=1S/C28H21NO3/c30-27(19-14-21-8-7-13-26(20-21)32-25-11-5-2-6-12-25)22-15-17-24(18-16-22)29-28(31)23-9-3-1-4-10-23/h1-20H,(H,29,31). The van der Waals surface area contributed by atoms with Crippen molar-refractivity contribution in [3.63, 3.8) is 0 Å². The van der Waals surface area contributed by atoms with E-state index in [2.05, 4.69) is 5.32 Å². The van der Waals surface area contributed by atoms with Crippen molar-refractivity contribution in [3.8, 4) is 11.5 Å². The number of carbonyl (C=O) groups is 2. The van der Waals surface area contributed by atoms with Crippen molar-refractivity contribution in [1.82, 2.24) is 0 Å². The average Bonchev–Trinajstić information content (AvgIpc) is 2.84. The predicted molar refractivity (Wildman–Crippen MR) is 127 cm³/mol. The number of carbonyl (C=O) groups excluding carboxylic acids is 2. The molecule has 4 heteroatoms. The highest BCUT2D eigenvalue weighted by atomic mass is 16.5. The van der Waals surface area contributed by atoms with Crippen molar-refractivity contribution in [2.24, 2.45) is 0 Å². The van der Waals surface area contributed by atoms with E-state index in [-0.39, 0.29) is 11.7 Å². The van der Waals surface area contributed by atoms with Crippen LogP contribution in [0.25, 0.3) is 6.08 Å². The van der Waals surface area contributed by atoms with Crippen molar-refractivity contribution in [1.29, 1.82) is 0 Å². The lowest BCUT2D eigenvalue weighted by Gasteiger charge is -2.06. The van der Waals surface area contributed by atoms with Crippen LogP contribution in [-0.2, 0) is 0 Å². The van der Waals surface area contributed by atoms with Crippen molar-refractivity contribution in [2.75, 3.05) is 5.32 Å². The third-order valence-electron chi connectivity index (χ3n) is 4.73. The molecule has 0 fully saturated rings. The molecule has 0 heterocycles. The lowest BCUT2D eigenvalue weighted by Crippen LogP contribution is -2.11. The van der Waals surface area contributed by atoms with Crippen LogP contribution in [0.15, 0.2) is 115 Å². The van der Waals surface area contributed by atoms with Gasteiger partial charge in [-0.1, -0.05) is 54.6 Å². The highest BCUT2D eigenvalue weighted by molar-refractivity contribution is 6.08. The molecule has 0 aliphatic rings. The van der Waals surface area contributed by atoms with E-state index in [1.54, 1.807) is 42.5 Å². The number of rotatable bonds is 7. The number of anilines is 1. The van der Waals surface area contributed by atoms with E-state index in [0.717, 1.165) is 11.3 Å². The Labute approximate surface area is 186 Å². The van der Waals surface area contributed by atoms with E-state index in [4.69, 9.17) is 4.74 Å². The summed E-state index contributed by atoms with van der Waals surface area (Å²) in [7, 11) is 0. The molecule has 32 heavy (non-hydrogen) atoms. The summed E-state index contributed by atoms with van der Waals surface area (Å²) in [6, 6.07) is 32.9. The maximum atomic E-state index is 12.5. The molecular weight excluding hydrogens is 398 g/mol. The van der Waals surface area contributed by atoms with Crippen LogP contribution < -0.4 is 10.1 Å². The third-order valence-corrected chi connectivity index (χ3v) is 4.73. The molecule has 0 saturated heterocycles. The van der Waals surface area contributed by atoms with Gasteiger partial charge in [0.2, 0.25) is 0 Å². The number of para-hydroxylation sites is 1. The predicted octanol–water partition coefficient (Wildman–Crippen LogP) is 6.63. The van der Waals surface area contributed by atoms with Crippen LogP contribution in [-0.4, -0.2) is 11.7 Å². The maximum Gasteiger partial charge on any atom is 0.255 e. The summed E-state index contributed by atoms with van der Waals surface area (Å²) in [4.78, 5) is 24.8. The summed E-state index contributed by atoms with van der Waals surface area (Å²) in [5.41, 5.74) is 2.60. The van der Waals surface area contributed by atoms with Gasteiger partial charge in [-0.05, 0) is 72.3 Å². The van der Waals surface area contributed by atoms with E-state index in [1.165, 1.54) is 6.08 Å². The number of ether oxygens (including phenoxy) is 1. The number of ketones is 1. The quantitative estimate of drug-likeness (QED) is 0.270. The first-order chi connectivity index (χ1) is 15.7. The molecule has 0 saturated carbocycles. The molecule has 0 bridgehead atoms. The fourth-order valence-corrected chi connectivity index (χ4v) is 3.09. The van der Waals surface area contributed by atoms with Crippen LogP contribution in [0.5, 0.6) is 11.5 Å². The Morgan fingerprint density at radius 2 is 1.31 bits per heavy atom. The second-order valence-corrected chi connectivity index (χ2v) is 7.08. The zero-order valence-electron chi connectivity index (χ0n) is 17.3. The number of hydrogen-bond acceptors (Lipinski definition) is 3. The minimum Gasteiger partial charge on any atom is -0.457 e. The largest absolute Gasteiger partial charge is 0.457 e. The molecule has 0 spiro atoms. The highest BCUT2D eigenvalue weighted by Gasteiger charge is 2.07. The lowest BCUT2D eigenvalue weighted by molar-refractivity contribution is 0.102. The molecule has 4 aromatic carbocycles. The van der Waals surface area contributed by atoms with E-state index >= 15 is 0 Å². The molecule has 156 valence electrons. The molecule has 0 unspecified atom stereocenters. The first-order valence-corrected chi connectivity index (χ1v) is 10.2. The second-order valence-electron chi connectivity index (χ2n) is 7.08. The molecule has 4 nitrogen and oxygen atoms in total. The van der Waals surface area contributed by atoms with Crippen LogP contribution in [0.3, 0.4) is 0 Å². The fourth-order valence-electron chi connectivity index (χ4n) is 3.09. The molecule has 0 aliphatic heterocycles. The fraction of sp³-hybridized carbons (Fsp3) is 0. The van der Waals surface area contributed by atoms with Gasteiger partial charge >= 0.3 is 0 Å². The molecule has 0 aromatic heterocycles. The Balaban J connectivity index is 1.38. The molecule has 4 aromatic rings. The maximum absolute atomic E-state index is 12.5. The average molecular weight is 419 g/mol. The van der Waals surface area contributed by atoms with Gasteiger partial charge in [-0.3, -0.25) is 9.59 Å². The number of benzene rings is 4. The summed E-state index contributed by atoms with van der Waals surface area (Å²) in [5, 5.41) is 2.83. The zero-order valence-corrected chi connectivity index (χ0v) is 17.3. The van der Waals surface area contributed by atoms with E-state index in [0.29, 0.717) is 22.6 Å². The van der Waals surface area contributed by atoms with Gasteiger partial charge < -0.3 is 10.1 Å². The second kappa shape index (κ2) is 10.0. The summed E-state index contributed by atoms with van der Waals surface area (Å²) < 4.78 is 5.83. The minimum atomic E-state index is -0.192. The van der Waals surface area contributed by atoms with Gasteiger partial charge in [0.1, 0.15) is 11.5 Å². The van der Waals surface area contributed by atoms with Crippen LogP contribution in [0.4, 0.5) is 5.69 Å². The molecular formula is C28H21NO3. The van der Waals surface area contributed by atoms with Crippen LogP contribution in [0.2, 0.25) is 0 Å². The Hall–Kier alpha value is -4.44. The molecule has 0 atom stereocenters. The zero-order chi connectivity index (χ0) is 22.2. The van der Waals surface area contributed by atoms with Gasteiger partial charge in [0.25, 0.3) is 5.91 Å². The van der Waals surface area contributed by atoms with Gasteiger partial charge in [-0.25, -0.2) is 0 Å². The summed E-state index contributed by atoms with van der Waals surface area (Å²) in [6.07, 6.45) is 3.28. The van der Waals surface area contributed by atoms with Crippen molar-refractivity contribution >= 4 is 23.5 Å². The number of allylic oxidation sites excluding steroid dienone is 1. The van der Waals surface area contributed by atoms with Crippen molar-refractivity contribution < 1.29 is 14.3 Å². The SMILES string of the molecule is O=C(C=Cc1cccc(Oc2ccccc2)c1)c1ccc(NC(=O)c2ccccc2)cc1. The van der Waals surface area contributed by atoms with Crippen molar-refractivity contribution in [2.45, 2.75) is 0 Å². The summed E-state index contributed by atoms with van der Waals surface area (Å²) in [5.74, 6) is 1.14. The summed E-state index contributed by atoms with van der Waals surface area (Å²) in [6.45, 7) is 0. The molecule has 1 amide bonds. The number of nitrogens with one attached hydrogen (secondary N) is 1. The molecule has 0 aliphatic carbocycles. The van der Waals surface area contributed by atoms with Crippen LogP contribution in [0.1, 0.15) is 26.3 Å². The van der Waals surface area contributed by atoms with Gasteiger partial charge in [0.15, 0.2) is 5.78 Å². The molecule has 4 rings (SSSR count). The van der Waals surface area contributed by atoms with E-state index < -0.39 is 0 Å². The molecule has 1 N–H and O–H groups in total. The Bertz CT molecular complexity index is 1230. The lowest BCUT2D eigenvalue weighted by atomic mass is 10.1.